The molecule has 5 rings (SSSR count). The highest BCUT2D eigenvalue weighted by Gasteiger charge is 2.32. The molecule has 226 valence electrons. The van der Waals surface area contributed by atoms with Crippen molar-refractivity contribution in [3.05, 3.63) is 76.3 Å². The first-order chi connectivity index (χ1) is 20.7. The maximum Gasteiger partial charge on any atom is 0.265 e. The number of carbonyl (C=O) groups excluding carboxylic acids is 3. The summed E-state index contributed by atoms with van der Waals surface area (Å²) in [5.41, 5.74) is 4.17. The third kappa shape index (κ3) is 7.30. The Morgan fingerprint density at radius 2 is 1.60 bits per heavy atom. The Bertz CT molecular complexity index is 1480. The number of anilines is 2. The zero-order valence-corrected chi connectivity index (χ0v) is 25.7. The van der Waals surface area contributed by atoms with Gasteiger partial charge in [-0.1, -0.05) is 66.5 Å². The maximum absolute atomic E-state index is 13.8. The molecule has 2 heterocycles. The fraction of sp³-hybridized carbons (Fsp3) is 0.344. The van der Waals surface area contributed by atoms with Gasteiger partial charge in [-0.2, -0.15) is 0 Å². The molecular formula is C32H34Cl2N4O5. The van der Waals surface area contributed by atoms with E-state index in [9.17, 15) is 14.4 Å². The highest BCUT2D eigenvalue weighted by atomic mass is 35.5. The number of fused-ring (bicyclic) bond motifs is 1. The van der Waals surface area contributed by atoms with Gasteiger partial charge in [0.05, 0.1) is 35.0 Å². The summed E-state index contributed by atoms with van der Waals surface area (Å²) < 4.78 is 11.1. The minimum atomic E-state index is -0.331. The maximum atomic E-state index is 13.8. The van der Waals surface area contributed by atoms with E-state index in [1.165, 1.54) is 4.90 Å². The zero-order valence-electron chi connectivity index (χ0n) is 24.1. The first kappa shape index (κ1) is 30.8. The number of likely N-dealkylation sites (N-methyl/N-ethyl adjacent to an activating group) is 1. The van der Waals surface area contributed by atoms with Gasteiger partial charge in [-0.25, -0.2) is 0 Å². The van der Waals surface area contributed by atoms with Gasteiger partial charge in [-0.3, -0.25) is 24.2 Å². The Balaban J connectivity index is 1.36. The monoisotopic (exact) mass is 624 g/mol. The van der Waals surface area contributed by atoms with Crippen LogP contribution in [0.15, 0.2) is 60.7 Å². The molecule has 1 atom stereocenters. The second-order valence-electron chi connectivity index (χ2n) is 10.5. The van der Waals surface area contributed by atoms with Gasteiger partial charge in [-0.15, -0.1) is 0 Å². The largest absolute Gasteiger partial charge is 0.482 e. The van der Waals surface area contributed by atoms with Crippen molar-refractivity contribution >= 4 is 52.3 Å². The molecule has 2 aliphatic heterocycles. The molecule has 3 aromatic carbocycles. The van der Waals surface area contributed by atoms with Gasteiger partial charge < -0.3 is 19.7 Å². The number of carbonyl (C=O) groups is 3. The van der Waals surface area contributed by atoms with E-state index in [1.807, 2.05) is 55.5 Å². The summed E-state index contributed by atoms with van der Waals surface area (Å²) in [6.45, 7) is 4.90. The van der Waals surface area contributed by atoms with E-state index in [2.05, 4.69) is 10.2 Å². The van der Waals surface area contributed by atoms with Crippen LogP contribution in [0.4, 0.5) is 11.4 Å². The van der Waals surface area contributed by atoms with Crippen LogP contribution in [0, 0.1) is 0 Å². The summed E-state index contributed by atoms with van der Waals surface area (Å²) in [5, 5.41) is 3.45. The van der Waals surface area contributed by atoms with E-state index in [0.717, 1.165) is 35.5 Å². The number of hydrogen-bond acceptors (Lipinski definition) is 6. The smallest absolute Gasteiger partial charge is 0.265 e. The molecule has 1 fully saturated rings. The number of halogens is 2. The minimum absolute atomic E-state index is 0.0301. The van der Waals surface area contributed by atoms with Gasteiger partial charge in [0.2, 0.25) is 11.8 Å². The molecule has 9 nitrogen and oxygen atoms in total. The Morgan fingerprint density at radius 1 is 0.977 bits per heavy atom. The third-order valence-corrected chi connectivity index (χ3v) is 8.47. The zero-order chi connectivity index (χ0) is 30.5. The second kappa shape index (κ2) is 13.8. The van der Waals surface area contributed by atoms with E-state index in [0.29, 0.717) is 42.6 Å². The highest BCUT2D eigenvalue weighted by Crippen LogP contribution is 2.39. The Labute approximate surface area is 261 Å². The number of nitrogens with zero attached hydrogens (tertiary/aromatic N) is 3. The molecule has 3 amide bonds. The molecule has 11 heteroatoms. The lowest BCUT2D eigenvalue weighted by Crippen LogP contribution is -2.48. The molecule has 0 unspecified atom stereocenters. The van der Waals surface area contributed by atoms with Crippen LogP contribution in [0.5, 0.6) is 5.75 Å². The van der Waals surface area contributed by atoms with Gasteiger partial charge in [0.25, 0.3) is 5.91 Å². The first-order valence-electron chi connectivity index (χ1n) is 14.2. The molecule has 1 saturated heterocycles. The van der Waals surface area contributed by atoms with Gasteiger partial charge in [-0.05, 0) is 34.9 Å². The van der Waals surface area contributed by atoms with E-state index >= 15 is 0 Å². The van der Waals surface area contributed by atoms with E-state index in [-0.39, 0.29) is 41.9 Å². The second-order valence-corrected chi connectivity index (χ2v) is 11.4. The molecule has 0 aliphatic carbocycles. The Morgan fingerprint density at radius 3 is 2.26 bits per heavy atom. The highest BCUT2D eigenvalue weighted by molar-refractivity contribution is 6.42. The fourth-order valence-corrected chi connectivity index (χ4v) is 5.47. The number of rotatable bonds is 9. The minimum Gasteiger partial charge on any atom is -0.482 e. The number of nitrogens with one attached hydrogen (secondary N) is 1. The normalized spacial score (nSPS) is 15.8. The van der Waals surface area contributed by atoms with Crippen molar-refractivity contribution in [3.63, 3.8) is 0 Å². The summed E-state index contributed by atoms with van der Waals surface area (Å²) in [6, 6.07) is 18.7. The van der Waals surface area contributed by atoms with Crippen molar-refractivity contribution in [1.29, 1.82) is 0 Å². The van der Waals surface area contributed by atoms with Crippen molar-refractivity contribution < 1.29 is 23.9 Å². The number of morpholine rings is 1. The average molecular weight is 626 g/mol. The van der Waals surface area contributed by atoms with E-state index < -0.39 is 0 Å². The molecule has 0 aromatic heterocycles. The lowest BCUT2D eigenvalue weighted by Gasteiger charge is -2.37. The van der Waals surface area contributed by atoms with Crippen molar-refractivity contribution in [2.24, 2.45) is 0 Å². The van der Waals surface area contributed by atoms with Crippen LogP contribution in [0.3, 0.4) is 0 Å². The van der Waals surface area contributed by atoms with E-state index in [4.69, 9.17) is 32.7 Å². The number of ether oxygens (including phenoxy) is 2. The van der Waals surface area contributed by atoms with Gasteiger partial charge in [0.1, 0.15) is 12.3 Å². The third-order valence-electron chi connectivity index (χ3n) is 7.75. The van der Waals surface area contributed by atoms with Crippen molar-refractivity contribution in [2.75, 3.05) is 63.3 Å². The van der Waals surface area contributed by atoms with Gasteiger partial charge >= 0.3 is 0 Å². The molecule has 1 N–H and O–H groups in total. The summed E-state index contributed by atoms with van der Waals surface area (Å²) in [5.74, 6) is -0.176. The Hall–Kier alpha value is -3.63. The quantitative estimate of drug-likeness (QED) is 0.349. The lowest BCUT2D eigenvalue weighted by molar-refractivity contribution is -0.133. The Kier molecular flexibility index (Phi) is 9.87. The molecular weight excluding hydrogens is 591 g/mol. The topological polar surface area (TPSA) is 91.4 Å². The van der Waals surface area contributed by atoms with Crippen LogP contribution in [-0.2, 0) is 19.1 Å². The number of hydrogen-bond donors (Lipinski definition) is 1. The number of benzene rings is 3. The van der Waals surface area contributed by atoms with Crippen LogP contribution in [0.2, 0.25) is 10.0 Å². The predicted octanol–water partition coefficient (Wildman–Crippen LogP) is 5.27. The van der Waals surface area contributed by atoms with E-state index in [1.54, 1.807) is 24.1 Å². The molecule has 3 aromatic rings. The van der Waals surface area contributed by atoms with Crippen LogP contribution >= 0.6 is 23.2 Å². The SMILES string of the molecule is CCC(=O)Nc1ccc(-c2ccc([C@@H](CN3CCOCC3)N(C)C(=O)CN3C(=O)COc4cc(Cl)c(Cl)cc43)cc2)cc1. The lowest BCUT2D eigenvalue weighted by atomic mass is 9.99. The molecule has 43 heavy (non-hydrogen) atoms. The van der Waals surface area contributed by atoms with Gasteiger partial charge in [0.15, 0.2) is 6.61 Å². The van der Waals surface area contributed by atoms with Crippen molar-refractivity contribution in [1.82, 2.24) is 9.80 Å². The summed E-state index contributed by atoms with van der Waals surface area (Å²) in [7, 11) is 1.77. The van der Waals surface area contributed by atoms with Crippen LogP contribution < -0.4 is 15.0 Å². The molecule has 0 bridgehead atoms. The van der Waals surface area contributed by atoms with Crippen molar-refractivity contribution in [3.8, 4) is 16.9 Å². The molecule has 0 radical (unpaired) electrons. The average Bonchev–Trinajstić information content (AvgIpc) is 3.02. The van der Waals surface area contributed by atoms with Gasteiger partial charge in [0, 0.05) is 44.9 Å². The summed E-state index contributed by atoms with van der Waals surface area (Å²) in [4.78, 5) is 43.7. The predicted molar refractivity (Wildman–Crippen MR) is 168 cm³/mol. The first-order valence-corrected chi connectivity index (χ1v) is 15.0. The summed E-state index contributed by atoms with van der Waals surface area (Å²) in [6.07, 6.45) is 0.422. The fourth-order valence-electron chi connectivity index (χ4n) is 5.16. The van der Waals surface area contributed by atoms with Crippen LogP contribution in [0.1, 0.15) is 24.9 Å². The molecule has 2 aliphatic rings. The van der Waals surface area contributed by atoms with Crippen LogP contribution in [-0.4, -0.2) is 80.6 Å². The summed E-state index contributed by atoms with van der Waals surface area (Å²) >= 11 is 12.4. The standard InChI is InChI=1S/C32H34Cl2N4O5/c1-3-30(39)35-24-10-8-22(9-11-24)21-4-6-23(7-5-21)28(18-37-12-14-42-15-13-37)36(2)31(40)19-38-27-16-25(33)26(34)17-29(27)43-20-32(38)41/h4-11,16-17,28H,3,12-15,18-20H2,1-2H3,(H,35,39)/t28-/m1/s1. The number of amides is 3. The molecule has 0 spiro atoms. The molecule has 0 saturated carbocycles. The van der Waals surface area contributed by atoms with Crippen molar-refractivity contribution in [2.45, 2.75) is 19.4 Å². The van der Waals surface area contributed by atoms with Crippen LogP contribution in [0.25, 0.3) is 11.1 Å².